The number of Topliss-reactive ketones (excluding diaryl/α,β-unsaturated/α-hetero) is 1. The zero-order chi connectivity index (χ0) is 21.3. The van der Waals surface area contributed by atoms with Gasteiger partial charge in [0.25, 0.3) is 5.91 Å². The molecule has 152 valence electrons. The van der Waals surface area contributed by atoms with Crippen molar-refractivity contribution in [3.8, 4) is 0 Å². The summed E-state index contributed by atoms with van der Waals surface area (Å²) >= 11 is 23.8. The zero-order valence-corrected chi connectivity index (χ0v) is 18.3. The molecule has 1 fully saturated rings. The molecule has 0 radical (unpaired) electrons. The van der Waals surface area contributed by atoms with E-state index in [0.717, 1.165) is 11.1 Å². The lowest BCUT2D eigenvalue weighted by Gasteiger charge is -2.21. The second-order valence-electron chi connectivity index (χ2n) is 6.79. The second kappa shape index (κ2) is 8.92. The molecule has 3 rings (SSSR count). The Hall–Kier alpha value is -1.79. The maximum Gasteiger partial charge on any atom is 0.291 e. The van der Waals surface area contributed by atoms with Crippen LogP contribution in [-0.2, 0) is 27.5 Å². The Balaban J connectivity index is 1.68. The van der Waals surface area contributed by atoms with E-state index >= 15 is 0 Å². The lowest BCUT2D eigenvalue weighted by atomic mass is 10.1. The smallest absolute Gasteiger partial charge is 0.291 e. The molecule has 9 heteroatoms. The van der Waals surface area contributed by atoms with Crippen LogP contribution in [0.2, 0.25) is 20.1 Å². The lowest BCUT2D eigenvalue weighted by molar-refractivity contribution is -0.144. The Labute approximate surface area is 188 Å². The number of likely N-dealkylation sites (tertiary alicyclic amines) is 1. The largest absolute Gasteiger partial charge is 0.341 e. The first kappa shape index (κ1) is 21.9. The summed E-state index contributed by atoms with van der Waals surface area (Å²) < 4.78 is 0. The summed E-state index contributed by atoms with van der Waals surface area (Å²) in [7, 11) is 1.57. The third-order valence-electron chi connectivity index (χ3n) is 4.65. The minimum absolute atomic E-state index is 0.0163. The van der Waals surface area contributed by atoms with E-state index in [4.69, 9.17) is 46.4 Å². The van der Waals surface area contributed by atoms with E-state index in [9.17, 15) is 14.4 Å². The molecule has 2 aromatic rings. The monoisotopic (exact) mass is 472 g/mol. The Bertz CT molecular complexity index is 996. The molecule has 0 aromatic heterocycles. The van der Waals surface area contributed by atoms with Gasteiger partial charge in [-0.15, -0.1) is 0 Å². The molecule has 1 unspecified atom stereocenters. The third-order valence-corrected chi connectivity index (χ3v) is 6.13. The molecule has 2 aromatic carbocycles. The summed E-state index contributed by atoms with van der Waals surface area (Å²) in [6.07, 6.45) is 0. The van der Waals surface area contributed by atoms with Gasteiger partial charge in [0.1, 0.15) is 5.92 Å². The van der Waals surface area contributed by atoms with E-state index in [-0.39, 0.29) is 19.6 Å². The predicted octanol–water partition coefficient (Wildman–Crippen LogP) is 4.49. The fourth-order valence-corrected chi connectivity index (χ4v) is 3.77. The van der Waals surface area contributed by atoms with Crippen molar-refractivity contribution < 1.29 is 14.4 Å². The van der Waals surface area contributed by atoms with Crippen LogP contribution in [0.1, 0.15) is 11.1 Å². The van der Waals surface area contributed by atoms with Crippen molar-refractivity contribution >= 4 is 64.0 Å². The summed E-state index contributed by atoms with van der Waals surface area (Å²) in [4.78, 5) is 40.3. The van der Waals surface area contributed by atoms with Crippen LogP contribution < -0.4 is 0 Å². The summed E-state index contributed by atoms with van der Waals surface area (Å²) in [5.74, 6) is -2.86. The van der Waals surface area contributed by atoms with Crippen molar-refractivity contribution in [3.05, 3.63) is 67.6 Å². The van der Waals surface area contributed by atoms with Gasteiger partial charge in [0.05, 0.1) is 20.1 Å². The van der Waals surface area contributed by atoms with Crippen LogP contribution in [0, 0.1) is 5.92 Å². The van der Waals surface area contributed by atoms with Crippen LogP contribution in [0.5, 0.6) is 0 Å². The Morgan fingerprint density at radius 2 is 1.52 bits per heavy atom. The van der Waals surface area contributed by atoms with Gasteiger partial charge < -0.3 is 9.80 Å². The van der Waals surface area contributed by atoms with Crippen LogP contribution in [0.25, 0.3) is 0 Å². The molecule has 1 atom stereocenters. The van der Waals surface area contributed by atoms with Crippen molar-refractivity contribution in [1.82, 2.24) is 9.80 Å². The van der Waals surface area contributed by atoms with Crippen molar-refractivity contribution in [2.24, 2.45) is 5.92 Å². The minimum Gasteiger partial charge on any atom is -0.341 e. The number of nitrogens with zero attached hydrogens (tertiary/aromatic N) is 2. The van der Waals surface area contributed by atoms with Gasteiger partial charge in [-0.3, -0.25) is 14.4 Å². The number of halogens is 4. The number of carbonyl (C=O) groups excluding carboxylic acids is 3. The van der Waals surface area contributed by atoms with Gasteiger partial charge in [0, 0.05) is 26.7 Å². The van der Waals surface area contributed by atoms with E-state index in [2.05, 4.69) is 0 Å². The first-order valence-corrected chi connectivity index (χ1v) is 10.1. The SMILES string of the molecule is CN(Cc1ccc(Cl)c(Cl)c1)C(=O)C1CN(Cc2ccc(Cl)c(Cl)c2)C(=O)C1=O. The number of ketones is 1. The van der Waals surface area contributed by atoms with Gasteiger partial charge in [-0.2, -0.15) is 0 Å². The molecular formula is C20H16Cl4N2O3. The number of hydrogen-bond acceptors (Lipinski definition) is 3. The summed E-state index contributed by atoms with van der Waals surface area (Å²) in [5, 5.41) is 1.55. The lowest BCUT2D eigenvalue weighted by Crippen LogP contribution is -2.36. The molecular weight excluding hydrogens is 458 g/mol. The van der Waals surface area contributed by atoms with E-state index in [1.165, 1.54) is 9.80 Å². The second-order valence-corrected chi connectivity index (χ2v) is 8.42. The molecule has 1 aliphatic rings. The van der Waals surface area contributed by atoms with Crippen LogP contribution in [0.3, 0.4) is 0 Å². The third kappa shape index (κ3) is 4.86. The summed E-state index contributed by atoms with van der Waals surface area (Å²) in [6.45, 7) is 0.421. The molecule has 2 amide bonds. The molecule has 5 nitrogen and oxygen atoms in total. The van der Waals surface area contributed by atoms with Gasteiger partial charge >= 0.3 is 0 Å². The zero-order valence-electron chi connectivity index (χ0n) is 15.3. The normalized spacial score (nSPS) is 16.4. The highest BCUT2D eigenvalue weighted by Crippen LogP contribution is 2.26. The highest BCUT2D eigenvalue weighted by atomic mass is 35.5. The van der Waals surface area contributed by atoms with E-state index in [1.807, 2.05) is 0 Å². The molecule has 1 heterocycles. The van der Waals surface area contributed by atoms with Crippen LogP contribution in [0.4, 0.5) is 0 Å². The van der Waals surface area contributed by atoms with E-state index in [1.54, 1.807) is 43.4 Å². The van der Waals surface area contributed by atoms with Crippen LogP contribution in [0.15, 0.2) is 36.4 Å². The number of hydrogen-bond donors (Lipinski definition) is 0. The molecule has 29 heavy (non-hydrogen) atoms. The minimum atomic E-state index is -1.04. The van der Waals surface area contributed by atoms with Crippen LogP contribution >= 0.6 is 46.4 Å². The predicted molar refractivity (Wildman–Crippen MR) is 113 cm³/mol. The highest BCUT2D eigenvalue weighted by molar-refractivity contribution is 6.43. The van der Waals surface area contributed by atoms with Gasteiger partial charge in [0.15, 0.2) is 0 Å². The quantitative estimate of drug-likeness (QED) is 0.475. The fourth-order valence-electron chi connectivity index (χ4n) is 3.13. The first-order valence-electron chi connectivity index (χ1n) is 8.63. The molecule has 0 saturated carbocycles. The average molecular weight is 474 g/mol. The summed E-state index contributed by atoms with van der Waals surface area (Å²) in [5.41, 5.74) is 1.48. The molecule has 1 saturated heterocycles. The Kier molecular flexibility index (Phi) is 6.74. The topological polar surface area (TPSA) is 57.7 Å². The molecule has 0 N–H and O–H groups in total. The fraction of sp³-hybridized carbons (Fsp3) is 0.250. The van der Waals surface area contributed by atoms with Gasteiger partial charge in [-0.05, 0) is 35.4 Å². The van der Waals surface area contributed by atoms with Gasteiger partial charge in [-0.25, -0.2) is 0 Å². The maximum absolute atomic E-state index is 12.8. The van der Waals surface area contributed by atoms with E-state index in [0.29, 0.717) is 20.1 Å². The van der Waals surface area contributed by atoms with E-state index < -0.39 is 23.5 Å². The molecule has 0 bridgehead atoms. The first-order chi connectivity index (χ1) is 13.7. The maximum atomic E-state index is 12.8. The Morgan fingerprint density at radius 3 is 2.10 bits per heavy atom. The Morgan fingerprint density at radius 1 is 0.966 bits per heavy atom. The summed E-state index contributed by atoms with van der Waals surface area (Å²) in [6, 6.07) is 10.0. The van der Waals surface area contributed by atoms with Crippen molar-refractivity contribution in [2.75, 3.05) is 13.6 Å². The van der Waals surface area contributed by atoms with Gasteiger partial charge in [-0.1, -0.05) is 58.5 Å². The number of rotatable bonds is 5. The van der Waals surface area contributed by atoms with Crippen molar-refractivity contribution in [3.63, 3.8) is 0 Å². The standard InChI is InChI=1S/C20H16Cl4N2O3/c1-25(8-11-2-4-14(21)16(23)6-11)19(28)13-10-26(20(29)18(13)27)9-12-3-5-15(22)17(24)7-12/h2-7,13H,8-10H2,1H3. The van der Waals surface area contributed by atoms with Gasteiger partial charge in [0.2, 0.25) is 11.7 Å². The number of amides is 2. The van der Waals surface area contributed by atoms with Crippen molar-refractivity contribution in [1.29, 1.82) is 0 Å². The number of carbonyl (C=O) groups is 3. The van der Waals surface area contributed by atoms with Crippen molar-refractivity contribution in [2.45, 2.75) is 13.1 Å². The van der Waals surface area contributed by atoms with Crippen LogP contribution in [-0.4, -0.2) is 41.0 Å². The highest BCUT2D eigenvalue weighted by Gasteiger charge is 2.44. The number of benzene rings is 2. The average Bonchev–Trinajstić information content (AvgIpc) is 2.95. The molecule has 1 aliphatic heterocycles. The molecule has 0 aliphatic carbocycles. The molecule has 0 spiro atoms.